The first kappa shape index (κ1) is 33.7. The highest BCUT2D eigenvalue weighted by Gasteiger charge is 2.37. The average molecular weight is 688 g/mol. The number of carbonyl (C=O) groups is 3. The van der Waals surface area contributed by atoms with Gasteiger partial charge in [-0.3, -0.25) is 9.59 Å². The number of carbonyl (C=O) groups excluding carboxylic acids is 3. The number of aromatic amines is 2. The lowest BCUT2D eigenvalue weighted by molar-refractivity contribution is -0.140. The number of benzene rings is 3. The molecule has 262 valence electrons. The minimum absolute atomic E-state index is 0.161. The summed E-state index contributed by atoms with van der Waals surface area (Å²) in [5, 5.41) is 12.5. The normalized spacial score (nSPS) is 18.4. The average Bonchev–Trinajstić information content (AvgIpc) is 4.00. The lowest BCUT2D eigenvalue weighted by Gasteiger charge is -2.28. The van der Waals surface area contributed by atoms with E-state index in [1.165, 1.54) is 14.0 Å². The van der Waals surface area contributed by atoms with Crippen LogP contribution in [0.25, 0.3) is 33.6 Å². The Balaban J connectivity index is 1.02. The van der Waals surface area contributed by atoms with Gasteiger partial charge in [0.25, 0.3) is 11.8 Å². The second-order valence-corrected chi connectivity index (χ2v) is 13.1. The molecule has 2 saturated heterocycles. The number of alkyl carbamates (subject to hydrolysis) is 1. The number of H-pyrrole nitrogens is 2. The minimum Gasteiger partial charge on any atom is -0.453 e. The number of methoxy groups -OCH3 is 1. The highest BCUT2D eigenvalue weighted by Crippen LogP contribution is 2.35. The van der Waals surface area contributed by atoms with Crippen molar-refractivity contribution in [3.63, 3.8) is 0 Å². The van der Waals surface area contributed by atoms with Gasteiger partial charge in [0.1, 0.15) is 23.8 Å². The third kappa shape index (κ3) is 7.00. The monoisotopic (exact) mass is 687 g/mol. The summed E-state index contributed by atoms with van der Waals surface area (Å²) in [6, 6.07) is 24.4. The maximum atomic E-state index is 13.8. The van der Waals surface area contributed by atoms with Crippen LogP contribution in [0.3, 0.4) is 0 Å². The molecule has 51 heavy (non-hydrogen) atoms. The number of imidazole rings is 2. The van der Waals surface area contributed by atoms with Gasteiger partial charge in [-0.05, 0) is 60.4 Å². The fourth-order valence-corrected chi connectivity index (χ4v) is 7.14. The van der Waals surface area contributed by atoms with Gasteiger partial charge < -0.3 is 34.9 Å². The molecule has 0 radical (unpaired) electrons. The molecule has 5 aromatic rings. The van der Waals surface area contributed by atoms with Crippen molar-refractivity contribution in [2.24, 2.45) is 0 Å². The van der Waals surface area contributed by atoms with Gasteiger partial charge in [-0.1, -0.05) is 78.9 Å². The molecular formula is C39H41N7O5. The number of nitrogens with one attached hydrogen (secondary N) is 3. The number of likely N-dealkylation sites (tertiary alicyclic amines) is 2. The van der Waals surface area contributed by atoms with Gasteiger partial charge in [0.15, 0.2) is 0 Å². The van der Waals surface area contributed by atoms with Crippen molar-refractivity contribution < 1.29 is 24.2 Å². The largest absolute Gasteiger partial charge is 0.453 e. The minimum atomic E-state index is -1.03. The van der Waals surface area contributed by atoms with Gasteiger partial charge in [-0.25, -0.2) is 14.8 Å². The molecule has 0 aliphatic carbocycles. The Labute approximate surface area is 295 Å². The fourth-order valence-electron chi connectivity index (χ4n) is 7.14. The van der Waals surface area contributed by atoms with Gasteiger partial charge in [0, 0.05) is 13.1 Å². The Kier molecular flexibility index (Phi) is 9.67. The van der Waals surface area contributed by atoms with Crippen molar-refractivity contribution in [1.29, 1.82) is 0 Å². The summed E-state index contributed by atoms with van der Waals surface area (Å²) in [7, 11) is 1.28. The smallest absolute Gasteiger partial charge is 0.407 e. The molecule has 3 aromatic carbocycles. The van der Waals surface area contributed by atoms with Crippen LogP contribution in [0, 0.1) is 0 Å². The second kappa shape index (κ2) is 14.6. The van der Waals surface area contributed by atoms with E-state index in [2.05, 4.69) is 49.5 Å². The van der Waals surface area contributed by atoms with Gasteiger partial charge in [0.05, 0.1) is 43.0 Å². The predicted octanol–water partition coefficient (Wildman–Crippen LogP) is 5.94. The van der Waals surface area contributed by atoms with E-state index >= 15 is 0 Å². The molecule has 4 heterocycles. The maximum absolute atomic E-state index is 13.8. The summed E-state index contributed by atoms with van der Waals surface area (Å²) < 4.78 is 4.81. The second-order valence-electron chi connectivity index (χ2n) is 13.1. The summed E-state index contributed by atoms with van der Waals surface area (Å²) in [6.07, 6.45) is 5.16. The Morgan fingerprint density at radius 2 is 1.22 bits per heavy atom. The zero-order valence-corrected chi connectivity index (χ0v) is 28.6. The van der Waals surface area contributed by atoms with Crippen molar-refractivity contribution in [3.8, 4) is 33.6 Å². The summed E-state index contributed by atoms with van der Waals surface area (Å²) >= 11 is 0. The Morgan fingerprint density at radius 1 is 0.745 bits per heavy atom. The van der Waals surface area contributed by atoms with Crippen LogP contribution >= 0.6 is 0 Å². The molecule has 4 atom stereocenters. The SMILES string of the molecule is COC(=O)N[C@@H](C(=O)N1CCC[C@H]1c1ncc(-c2ccc(-c3ccc(-c4cnc([C@@H]5CCCN5C(=O)[C@@H](C)O)[nH]4)cc3)cc2)[nH]1)c1ccccc1. The van der Waals surface area contributed by atoms with Crippen LogP contribution < -0.4 is 5.32 Å². The van der Waals surface area contributed by atoms with Crippen LogP contribution in [0.15, 0.2) is 91.3 Å². The summed E-state index contributed by atoms with van der Waals surface area (Å²) in [5.74, 6) is 0.963. The van der Waals surface area contributed by atoms with E-state index in [1.54, 1.807) is 22.2 Å². The van der Waals surface area contributed by atoms with Crippen LogP contribution in [0.5, 0.6) is 0 Å². The molecule has 0 bridgehead atoms. The van der Waals surface area contributed by atoms with Crippen LogP contribution in [-0.2, 0) is 14.3 Å². The van der Waals surface area contributed by atoms with Gasteiger partial charge in [0.2, 0.25) is 0 Å². The predicted molar refractivity (Wildman–Crippen MR) is 191 cm³/mol. The van der Waals surface area contributed by atoms with E-state index < -0.39 is 18.2 Å². The van der Waals surface area contributed by atoms with Crippen molar-refractivity contribution in [2.75, 3.05) is 20.2 Å². The van der Waals surface area contributed by atoms with Crippen LogP contribution in [0.2, 0.25) is 0 Å². The molecule has 2 fully saturated rings. The van der Waals surface area contributed by atoms with E-state index in [4.69, 9.17) is 4.74 Å². The zero-order chi connectivity index (χ0) is 35.5. The number of aromatic nitrogens is 4. The van der Waals surface area contributed by atoms with Crippen molar-refractivity contribution in [2.45, 2.75) is 56.8 Å². The number of aliphatic hydroxyl groups excluding tert-OH is 1. The third-order valence-corrected chi connectivity index (χ3v) is 9.80. The van der Waals surface area contributed by atoms with Gasteiger partial charge in [-0.2, -0.15) is 0 Å². The lowest BCUT2D eigenvalue weighted by atomic mass is 10.0. The topological polar surface area (TPSA) is 157 Å². The van der Waals surface area contributed by atoms with Crippen molar-refractivity contribution >= 4 is 17.9 Å². The molecule has 12 heteroatoms. The standard InChI is InChI=1S/C39H41N7O5/c1-24(47)37(48)45-20-6-10-32(45)35-40-22-30(42-35)27-16-12-25(13-17-27)26-14-18-28(19-15-26)31-23-41-36(43-31)33-11-7-21-46(33)38(49)34(44-39(50)51-2)29-8-4-3-5-9-29/h3-5,8-9,12-19,22-24,32-34,47H,6-7,10-11,20-21H2,1-2H3,(H,40,42)(H,41,43)(H,44,50)/t24-,32+,33+,34-/m1/s1. The lowest BCUT2D eigenvalue weighted by Crippen LogP contribution is -2.42. The molecule has 0 spiro atoms. The van der Waals surface area contributed by atoms with Crippen LogP contribution in [0.1, 0.15) is 67.9 Å². The van der Waals surface area contributed by atoms with E-state index in [1.807, 2.05) is 54.6 Å². The van der Waals surface area contributed by atoms with Crippen molar-refractivity contribution in [1.82, 2.24) is 35.1 Å². The Bertz CT molecular complexity index is 1990. The molecule has 0 unspecified atom stereocenters. The summed E-state index contributed by atoms with van der Waals surface area (Å²) in [6.45, 7) is 2.68. The van der Waals surface area contributed by atoms with Gasteiger partial charge >= 0.3 is 6.09 Å². The number of nitrogens with zero attached hydrogens (tertiary/aromatic N) is 4. The Morgan fingerprint density at radius 3 is 1.69 bits per heavy atom. The maximum Gasteiger partial charge on any atom is 0.407 e. The number of ether oxygens (including phenoxy) is 1. The van der Waals surface area contributed by atoms with Gasteiger partial charge in [-0.15, -0.1) is 0 Å². The molecule has 3 amide bonds. The Hall–Kier alpha value is -5.75. The van der Waals surface area contributed by atoms with E-state index in [0.717, 1.165) is 65.1 Å². The molecule has 0 saturated carbocycles. The quantitative estimate of drug-likeness (QED) is 0.149. The number of amides is 3. The zero-order valence-electron chi connectivity index (χ0n) is 28.6. The molecule has 12 nitrogen and oxygen atoms in total. The van der Waals surface area contributed by atoms with Crippen LogP contribution in [-0.4, -0.2) is 79.1 Å². The number of hydrogen-bond donors (Lipinski definition) is 4. The number of hydrogen-bond acceptors (Lipinski definition) is 7. The van der Waals surface area contributed by atoms with Crippen molar-refractivity contribution in [3.05, 3.63) is 108 Å². The van der Waals surface area contributed by atoms with E-state index in [0.29, 0.717) is 24.5 Å². The molecular weight excluding hydrogens is 646 g/mol. The first-order valence-electron chi connectivity index (χ1n) is 17.3. The molecule has 7 rings (SSSR count). The van der Waals surface area contributed by atoms with E-state index in [9.17, 15) is 19.5 Å². The first-order chi connectivity index (χ1) is 24.8. The fraction of sp³-hybridized carbons (Fsp3) is 0.308. The summed E-state index contributed by atoms with van der Waals surface area (Å²) in [4.78, 5) is 58.1. The molecule has 2 aliphatic rings. The highest BCUT2D eigenvalue weighted by molar-refractivity contribution is 5.87. The van der Waals surface area contributed by atoms with Crippen LogP contribution in [0.4, 0.5) is 4.79 Å². The molecule has 2 aromatic heterocycles. The first-order valence-corrected chi connectivity index (χ1v) is 17.3. The molecule has 2 aliphatic heterocycles. The third-order valence-electron chi connectivity index (χ3n) is 9.80. The number of aliphatic hydroxyl groups is 1. The van der Waals surface area contributed by atoms with E-state index in [-0.39, 0.29) is 23.9 Å². The highest BCUT2D eigenvalue weighted by atomic mass is 16.5. The summed E-state index contributed by atoms with van der Waals surface area (Å²) in [5.41, 5.74) is 6.49. The number of rotatable bonds is 9. The molecule has 4 N–H and O–H groups in total.